The molecule has 0 aliphatic carbocycles. The third-order valence-corrected chi connectivity index (χ3v) is 4.52. The van der Waals surface area contributed by atoms with E-state index in [2.05, 4.69) is 40.8 Å². The van der Waals surface area contributed by atoms with Gasteiger partial charge >= 0.3 is 0 Å². The molecule has 108 valence electrons. The lowest BCUT2D eigenvalue weighted by molar-refractivity contribution is -0.130. The number of carbonyl (C=O) groups is 1. The van der Waals surface area contributed by atoms with Crippen molar-refractivity contribution in [2.24, 2.45) is 0 Å². The Kier molecular flexibility index (Phi) is 3.50. The standard InChI is InChI=1S/C16H23N3O/c1-11(2)19-14-7-8-18(15(14)9-16(19)20)10-13-6-4-5-12(3)17-13/h4-6,11,14-15H,7-10H2,1-3H3. The van der Waals surface area contributed by atoms with Crippen molar-refractivity contribution in [1.82, 2.24) is 14.8 Å². The minimum atomic E-state index is 0.314. The van der Waals surface area contributed by atoms with E-state index in [0.717, 1.165) is 30.9 Å². The highest BCUT2D eigenvalue weighted by Gasteiger charge is 2.47. The van der Waals surface area contributed by atoms with Crippen LogP contribution in [0.3, 0.4) is 0 Å². The molecule has 0 aromatic carbocycles. The smallest absolute Gasteiger partial charge is 0.224 e. The molecule has 4 nitrogen and oxygen atoms in total. The summed E-state index contributed by atoms with van der Waals surface area (Å²) in [5.41, 5.74) is 2.17. The zero-order chi connectivity index (χ0) is 14.3. The van der Waals surface area contributed by atoms with Gasteiger partial charge in [0.2, 0.25) is 5.91 Å². The number of hydrogen-bond donors (Lipinski definition) is 0. The van der Waals surface area contributed by atoms with Gasteiger partial charge < -0.3 is 4.90 Å². The molecule has 0 bridgehead atoms. The van der Waals surface area contributed by atoms with Crippen LogP contribution in [0.5, 0.6) is 0 Å². The zero-order valence-corrected chi connectivity index (χ0v) is 12.5. The summed E-state index contributed by atoms with van der Waals surface area (Å²) in [7, 11) is 0. The minimum absolute atomic E-state index is 0.314. The van der Waals surface area contributed by atoms with Gasteiger partial charge in [0.15, 0.2) is 0 Å². The van der Waals surface area contributed by atoms with E-state index in [9.17, 15) is 4.79 Å². The molecule has 0 saturated carbocycles. The van der Waals surface area contributed by atoms with Gasteiger partial charge in [0.1, 0.15) is 0 Å². The molecule has 2 unspecified atom stereocenters. The Labute approximate surface area is 120 Å². The number of aryl methyl sites for hydroxylation is 1. The Balaban J connectivity index is 1.73. The maximum absolute atomic E-state index is 12.2. The van der Waals surface area contributed by atoms with Crippen molar-refractivity contribution in [3.63, 3.8) is 0 Å². The van der Waals surface area contributed by atoms with Crippen molar-refractivity contribution in [1.29, 1.82) is 0 Å². The van der Waals surface area contributed by atoms with Crippen molar-refractivity contribution in [2.75, 3.05) is 6.54 Å². The second kappa shape index (κ2) is 5.17. The van der Waals surface area contributed by atoms with E-state index < -0.39 is 0 Å². The van der Waals surface area contributed by atoms with Gasteiger partial charge in [-0.25, -0.2) is 0 Å². The van der Waals surface area contributed by atoms with E-state index in [0.29, 0.717) is 30.5 Å². The first-order valence-corrected chi connectivity index (χ1v) is 7.54. The van der Waals surface area contributed by atoms with Gasteiger partial charge in [-0.05, 0) is 39.3 Å². The summed E-state index contributed by atoms with van der Waals surface area (Å²) < 4.78 is 0. The van der Waals surface area contributed by atoms with Gasteiger partial charge in [0.05, 0.1) is 5.69 Å². The molecular weight excluding hydrogens is 250 g/mol. The molecule has 2 atom stereocenters. The highest BCUT2D eigenvalue weighted by Crippen LogP contribution is 2.34. The molecule has 1 amide bonds. The topological polar surface area (TPSA) is 36.4 Å². The molecule has 0 radical (unpaired) electrons. The molecular formula is C16H23N3O. The van der Waals surface area contributed by atoms with Crippen LogP contribution in [0.4, 0.5) is 0 Å². The SMILES string of the molecule is Cc1cccc(CN2CCC3C2CC(=O)N3C(C)C)n1. The van der Waals surface area contributed by atoms with Crippen LogP contribution in [0.1, 0.15) is 38.1 Å². The van der Waals surface area contributed by atoms with Crippen LogP contribution in [0.25, 0.3) is 0 Å². The predicted octanol–water partition coefficient (Wildman–Crippen LogP) is 1.97. The van der Waals surface area contributed by atoms with Gasteiger partial charge in [0, 0.05) is 43.3 Å². The van der Waals surface area contributed by atoms with Crippen LogP contribution in [0, 0.1) is 6.92 Å². The van der Waals surface area contributed by atoms with Crippen molar-refractivity contribution >= 4 is 5.91 Å². The monoisotopic (exact) mass is 273 g/mol. The molecule has 3 rings (SSSR count). The molecule has 1 aromatic rings. The van der Waals surface area contributed by atoms with Crippen LogP contribution >= 0.6 is 0 Å². The Bertz CT molecular complexity index is 514. The van der Waals surface area contributed by atoms with Gasteiger partial charge in [-0.3, -0.25) is 14.7 Å². The molecule has 0 spiro atoms. The van der Waals surface area contributed by atoms with E-state index in [4.69, 9.17) is 0 Å². The van der Waals surface area contributed by atoms with Gasteiger partial charge in [-0.1, -0.05) is 6.07 Å². The van der Waals surface area contributed by atoms with Crippen LogP contribution < -0.4 is 0 Å². The Morgan fingerprint density at radius 3 is 2.85 bits per heavy atom. The van der Waals surface area contributed by atoms with Gasteiger partial charge in [0.25, 0.3) is 0 Å². The maximum Gasteiger partial charge on any atom is 0.224 e. The van der Waals surface area contributed by atoms with Crippen molar-refractivity contribution in [3.8, 4) is 0 Å². The van der Waals surface area contributed by atoms with Crippen LogP contribution in [-0.2, 0) is 11.3 Å². The summed E-state index contributed by atoms with van der Waals surface area (Å²) in [5.74, 6) is 0.317. The third-order valence-electron chi connectivity index (χ3n) is 4.52. The quantitative estimate of drug-likeness (QED) is 0.845. The highest BCUT2D eigenvalue weighted by molar-refractivity contribution is 5.80. The lowest BCUT2D eigenvalue weighted by Gasteiger charge is -2.28. The number of hydrogen-bond acceptors (Lipinski definition) is 3. The van der Waals surface area contributed by atoms with E-state index in [1.807, 2.05) is 13.0 Å². The number of fused-ring (bicyclic) bond motifs is 1. The molecule has 2 saturated heterocycles. The fourth-order valence-corrected chi connectivity index (χ4v) is 3.72. The summed E-state index contributed by atoms with van der Waals surface area (Å²) >= 11 is 0. The number of pyridine rings is 1. The van der Waals surface area contributed by atoms with Crippen molar-refractivity contribution in [2.45, 2.75) is 58.3 Å². The first kappa shape index (κ1) is 13.6. The minimum Gasteiger partial charge on any atom is -0.336 e. The second-order valence-electron chi connectivity index (χ2n) is 6.26. The first-order valence-electron chi connectivity index (χ1n) is 7.54. The molecule has 20 heavy (non-hydrogen) atoms. The summed E-state index contributed by atoms with van der Waals surface area (Å²) in [5, 5.41) is 0. The average molecular weight is 273 g/mol. The van der Waals surface area contributed by atoms with E-state index in [1.54, 1.807) is 0 Å². The molecule has 4 heteroatoms. The van der Waals surface area contributed by atoms with Crippen LogP contribution in [0.15, 0.2) is 18.2 Å². The largest absolute Gasteiger partial charge is 0.336 e. The molecule has 2 aliphatic heterocycles. The molecule has 2 fully saturated rings. The average Bonchev–Trinajstić information content (AvgIpc) is 2.88. The molecule has 2 aliphatic rings. The van der Waals surface area contributed by atoms with Gasteiger partial charge in [-0.15, -0.1) is 0 Å². The number of nitrogens with zero attached hydrogens (tertiary/aromatic N) is 3. The molecule has 3 heterocycles. The summed E-state index contributed by atoms with van der Waals surface area (Å²) in [6.07, 6.45) is 1.77. The fourth-order valence-electron chi connectivity index (χ4n) is 3.72. The predicted molar refractivity (Wildman–Crippen MR) is 78.2 cm³/mol. The lowest BCUT2D eigenvalue weighted by atomic mass is 10.1. The van der Waals surface area contributed by atoms with E-state index in [1.165, 1.54) is 0 Å². The molecule has 0 N–H and O–H groups in total. The maximum atomic E-state index is 12.2. The van der Waals surface area contributed by atoms with E-state index in [-0.39, 0.29) is 0 Å². The highest BCUT2D eigenvalue weighted by atomic mass is 16.2. The number of aromatic nitrogens is 1. The number of carbonyl (C=O) groups excluding carboxylic acids is 1. The number of amides is 1. The number of likely N-dealkylation sites (tertiary alicyclic amines) is 2. The summed E-state index contributed by atoms with van der Waals surface area (Å²) in [6, 6.07) is 7.27. The second-order valence-corrected chi connectivity index (χ2v) is 6.26. The Morgan fingerprint density at radius 1 is 1.35 bits per heavy atom. The van der Waals surface area contributed by atoms with Gasteiger partial charge in [-0.2, -0.15) is 0 Å². The van der Waals surface area contributed by atoms with Crippen LogP contribution in [0.2, 0.25) is 0 Å². The lowest BCUT2D eigenvalue weighted by Crippen LogP contribution is -2.41. The fraction of sp³-hybridized carbons (Fsp3) is 0.625. The summed E-state index contributed by atoms with van der Waals surface area (Å²) in [4.78, 5) is 21.3. The Hall–Kier alpha value is -1.42. The summed E-state index contributed by atoms with van der Waals surface area (Å²) in [6.45, 7) is 8.19. The van der Waals surface area contributed by atoms with Crippen molar-refractivity contribution in [3.05, 3.63) is 29.6 Å². The van der Waals surface area contributed by atoms with E-state index >= 15 is 0 Å². The zero-order valence-electron chi connectivity index (χ0n) is 12.5. The first-order chi connectivity index (χ1) is 9.56. The van der Waals surface area contributed by atoms with Crippen LogP contribution in [-0.4, -0.2) is 45.4 Å². The molecule has 1 aromatic heterocycles. The van der Waals surface area contributed by atoms with Crippen molar-refractivity contribution < 1.29 is 4.79 Å². The number of rotatable bonds is 3. The Morgan fingerprint density at radius 2 is 2.15 bits per heavy atom. The normalized spacial score (nSPS) is 26.6. The third kappa shape index (κ3) is 2.33.